The first-order valence-electron chi connectivity index (χ1n) is 6.16. The lowest BCUT2D eigenvalue weighted by molar-refractivity contribution is 0.413. The second-order valence-electron chi connectivity index (χ2n) is 4.44. The van der Waals surface area contributed by atoms with Crippen LogP contribution in [0.2, 0.25) is 0 Å². The predicted octanol–water partition coefficient (Wildman–Crippen LogP) is 2.63. The highest BCUT2D eigenvalue weighted by Gasteiger charge is 2.14. The van der Waals surface area contributed by atoms with Crippen molar-refractivity contribution in [3.05, 3.63) is 47.8 Å². The summed E-state index contributed by atoms with van der Waals surface area (Å²) in [5.41, 5.74) is 8.18. The van der Waals surface area contributed by atoms with Crippen molar-refractivity contribution >= 4 is 17.0 Å². The molecule has 0 saturated carbocycles. The number of methoxy groups -OCH3 is 1. The minimum Gasteiger partial charge on any atom is -0.495 e. The van der Waals surface area contributed by atoms with E-state index in [4.69, 9.17) is 15.7 Å². The number of imidazole rings is 1. The molecule has 5 nitrogen and oxygen atoms in total. The predicted molar refractivity (Wildman–Crippen MR) is 76.7 cm³/mol. The van der Waals surface area contributed by atoms with Crippen LogP contribution in [0.25, 0.3) is 16.7 Å². The third-order valence-electron chi connectivity index (χ3n) is 3.19. The van der Waals surface area contributed by atoms with Gasteiger partial charge in [0, 0.05) is 12.1 Å². The van der Waals surface area contributed by atoms with E-state index in [1.54, 1.807) is 28.8 Å². The van der Waals surface area contributed by atoms with Crippen LogP contribution in [0.1, 0.15) is 5.56 Å². The fraction of sp³-hybridized carbons (Fsp3) is 0.0667. The molecular weight excluding hydrogens is 271 g/mol. The number of nitriles is 1. The van der Waals surface area contributed by atoms with Gasteiger partial charge in [0.2, 0.25) is 5.95 Å². The zero-order valence-electron chi connectivity index (χ0n) is 11.2. The molecule has 0 atom stereocenters. The molecule has 104 valence electrons. The van der Waals surface area contributed by atoms with E-state index in [2.05, 4.69) is 4.98 Å². The summed E-state index contributed by atoms with van der Waals surface area (Å²) in [5.74, 6) is 0.335. The minimum atomic E-state index is -0.376. The molecule has 0 radical (unpaired) electrons. The highest BCUT2D eigenvalue weighted by Crippen LogP contribution is 2.30. The van der Waals surface area contributed by atoms with E-state index in [9.17, 15) is 4.39 Å². The maximum atomic E-state index is 13.3. The Bertz CT molecular complexity index is 879. The summed E-state index contributed by atoms with van der Waals surface area (Å²) in [5, 5.41) is 8.94. The molecule has 0 fully saturated rings. The second kappa shape index (κ2) is 4.80. The molecule has 2 N–H and O–H groups in total. The summed E-state index contributed by atoms with van der Waals surface area (Å²) in [4.78, 5) is 4.15. The number of ether oxygens (including phenoxy) is 1. The van der Waals surface area contributed by atoms with E-state index < -0.39 is 0 Å². The van der Waals surface area contributed by atoms with Gasteiger partial charge in [0.15, 0.2) is 0 Å². The minimum absolute atomic E-state index is 0.221. The topological polar surface area (TPSA) is 76.9 Å². The quantitative estimate of drug-likeness (QED) is 0.783. The Hall–Kier alpha value is -3.07. The number of hydrogen-bond acceptors (Lipinski definition) is 4. The Morgan fingerprint density at radius 3 is 2.81 bits per heavy atom. The standard InChI is InChI=1S/C15H11FN4O/c1-21-14-6-9(8-17)2-4-13(14)20-12-5-3-10(16)7-11(12)19-15(20)18/h2-7H,1H3,(H2,18,19). The smallest absolute Gasteiger partial charge is 0.206 e. The summed E-state index contributed by atoms with van der Waals surface area (Å²) in [6.07, 6.45) is 0. The number of anilines is 1. The third-order valence-corrected chi connectivity index (χ3v) is 3.19. The number of fused-ring (bicyclic) bond motifs is 1. The van der Waals surface area contributed by atoms with Crippen LogP contribution in [0, 0.1) is 17.1 Å². The average Bonchev–Trinajstić information content (AvgIpc) is 2.81. The Morgan fingerprint density at radius 2 is 2.10 bits per heavy atom. The molecule has 1 heterocycles. The highest BCUT2D eigenvalue weighted by molar-refractivity contribution is 5.81. The molecular formula is C15H11FN4O. The summed E-state index contributed by atoms with van der Waals surface area (Å²) < 4.78 is 20.2. The van der Waals surface area contributed by atoms with Crippen LogP contribution in [-0.2, 0) is 0 Å². The van der Waals surface area contributed by atoms with Gasteiger partial charge in [0.25, 0.3) is 0 Å². The Labute approximate surface area is 120 Å². The van der Waals surface area contributed by atoms with Gasteiger partial charge in [-0.3, -0.25) is 4.57 Å². The molecule has 0 aliphatic carbocycles. The van der Waals surface area contributed by atoms with E-state index >= 15 is 0 Å². The number of benzene rings is 2. The molecule has 0 amide bonds. The van der Waals surface area contributed by atoms with Gasteiger partial charge in [-0.25, -0.2) is 9.37 Å². The molecule has 0 aliphatic rings. The molecule has 0 unspecified atom stereocenters. The number of hydrogen-bond donors (Lipinski definition) is 1. The number of halogens is 1. The molecule has 3 aromatic rings. The maximum absolute atomic E-state index is 13.3. The highest BCUT2D eigenvalue weighted by atomic mass is 19.1. The summed E-state index contributed by atoms with van der Waals surface area (Å²) >= 11 is 0. The van der Waals surface area contributed by atoms with Gasteiger partial charge < -0.3 is 10.5 Å². The SMILES string of the molecule is COc1cc(C#N)ccc1-n1c(N)nc2cc(F)ccc21. The maximum Gasteiger partial charge on any atom is 0.206 e. The van der Waals surface area contributed by atoms with Crippen molar-refractivity contribution in [1.82, 2.24) is 9.55 Å². The molecule has 0 aliphatic heterocycles. The van der Waals surface area contributed by atoms with Crippen LogP contribution in [-0.4, -0.2) is 16.7 Å². The molecule has 0 saturated heterocycles. The van der Waals surface area contributed by atoms with Gasteiger partial charge in [-0.2, -0.15) is 5.26 Å². The first-order chi connectivity index (χ1) is 10.1. The van der Waals surface area contributed by atoms with Crippen LogP contribution in [0.15, 0.2) is 36.4 Å². The van der Waals surface area contributed by atoms with Crippen molar-refractivity contribution in [2.24, 2.45) is 0 Å². The molecule has 2 aromatic carbocycles. The molecule has 0 spiro atoms. The first-order valence-corrected chi connectivity index (χ1v) is 6.16. The van der Waals surface area contributed by atoms with Crippen molar-refractivity contribution in [3.63, 3.8) is 0 Å². The fourth-order valence-electron chi connectivity index (χ4n) is 2.26. The zero-order valence-corrected chi connectivity index (χ0v) is 11.2. The normalized spacial score (nSPS) is 10.5. The Morgan fingerprint density at radius 1 is 1.29 bits per heavy atom. The average molecular weight is 282 g/mol. The largest absolute Gasteiger partial charge is 0.495 e. The molecule has 6 heteroatoms. The number of nitrogens with two attached hydrogens (primary N) is 1. The lowest BCUT2D eigenvalue weighted by atomic mass is 10.2. The van der Waals surface area contributed by atoms with Crippen LogP contribution in [0.3, 0.4) is 0 Å². The van der Waals surface area contributed by atoms with E-state index in [-0.39, 0.29) is 11.8 Å². The number of nitrogens with zero attached hydrogens (tertiary/aromatic N) is 3. The van der Waals surface area contributed by atoms with Crippen molar-refractivity contribution in [1.29, 1.82) is 5.26 Å². The van der Waals surface area contributed by atoms with E-state index in [1.807, 2.05) is 6.07 Å². The number of aromatic nitrogens is 2. The zero-order chi connectivity index (χ0) is 15.0. The summed E-state index contributed by atoms with van der Waals surface area (Å²) in [6, 6.07) is 11.3. The van der Waals surface area contributed by atoms with Crippen molar-refractivity contribution in [3.8, 4) is 17.5 Å². The lowest BCUT2D eigenvalue weighted by Crippen LogP contribution is -2.03. The Kier molecular flexibility index (Phi) is 2.95. The van der Waals surface area contributed by atoms with Crippen LogP contribution >= 0.6 is 0 Å². The lowest BCUT2D eigenvalue weighted by Gasteiger charge is -2.11. The second-order valence-corrected chi connectivity index (χ2v) is 4.44. The van der Waals surface area contributed by atoms with Gasteiger partial charge >= 0.3 is 0 Å². The summed E-state index contributed by atoms with van der Waals surface area (Å²) in [7, 11) is 1.51. The van der Waals surface area contributed by atoms with Gasteiger partial charge in [-0.05, 0) is 24.3 Å². The molecule has 21 heavy (non-hydrogen) atoms. The van der Waals surface area contributed by atoms with Crippen LogP contribution in [0.5, 0.6) is 5.75 Å². The number of nitrogen functional groups attached to an aromatic ring is 1. The van der Waals surface area contributed by atoms with Gasteiger partial charge in [0.05, 0.1) is 35.5 Å². The monoisotopic (exact) mass is 282 g/mol. The van der Waals surface area contributed by atoms with E-state index in [0.717, 1.165) is 0 Å². The molecule has 1 aromatic heterocycles. The van der Waals surface area contributed by atoms with Crippen LogP contribution in [0.4, 0.5) is 10.3 Å². The fourth-order valence-corrected chi connectivity index (χ4v) is 2.26. The van der Waals surface area contributed by atoms with Gasteiger partial charge in [-0.15, -0.1) is 0 Å². The first kappa shape index (κ1) is 12.9. The molecule has 3 rings (SSSR count). The van der Waals surface area contributed by atoms with Gasteiger partial charge in [-0.1, -0.05) is 0 Å². The van der Waals surface area contributed by atoms with E-state index in [1.165, 1.54) is 19.2 Å². The summed E-state index contributed by atoms with van der Waals surface area (Å²) in [6.45, 7) is 0. The number of rotatable bonds is 2. The van der Waals surface area contributed by atoms with E-state index in [0.29, 0.717) is 28.0 Å². The Balaban J connectivity index is 2.30. The van der Waals surface area contributed by atoms with Crippen molar-refractivity contribution in [2.75, 3.05) is 12.8 Å². The van der Waals surface area contributed by atoms with Crippen LogP contribution < -0.4 is 10.5 Å². The van der Waals surface area contributed by atoms with Crippen molar-refractivity contribution < 1.29 is 9.13 Å². The third kappa shape index (κ3) is 2.05. The molecule has 0 bridgehead atoms. The van der Waals surface area contributed by atoms with Gasteiger partial charge in [0.1, 0.15) is 11.6 Å². The van der Waals surface area contributed by atoms with Crippen molar-refractivity contribution in [2.45, 2.75) is 0 Å².